The van der Waals surface area contributed by atoms with Crippen LogP contribution in [0.25, 0.3) is 0 Å². The number of piperidine rings is 1. The average Bonchev–Trinajstić information content (AvgIpc) is 3.22. The van der Waals surface area contributed by atoms with Crippen LogP contribution < -0.4 is 9.64 Å². The highest BCUT2D eigenvalue weighted by Crippen LogP contribution is 2.50. The van der Waals surface area contributed by atoms with Crippen molar-refractivity contribution in [3.8, 4) is 6.01 Å². The summed E-state index contributed by atoms with van der Waals surface area (Å²) in [5.74, 6) is 2.76. The van der Waals surface area contributed by atoms with E-state index in [-0.39, 0.29) is 6.10 Å². The predicted molar refractivity (Wildman–Crippen MR) is 89.5 cm³/mol. The highest BCUT2D eigenvalue weighted by Gasteiger charge is 2.52. The minimum absolute atomic E-state index is 0.228. The predicted octanol–water partition coefficient (Wildman–Crippen LogP) is 3.90. The first-order valence-corrected chi connectivity index (χ1v) is 8.83. The molecular formula is C18H29N3O. The molecule has 22 heavy (non-hydrogen) atoms. The fraction of sp³-hybridized carbons (Fsp3) is 0.778. The molecule has 0 N–H and O–H groups in total. The van der Waals surface area contributed by atoms with Gasteiger partial charge in [0.2, 0.25) is 0 Å². The molecule has 0 spiro atoms. The second-order valence-electron chi connectivity index (χ2n) is 7.07. The number of hydrogen-bond donors (Lipinski definition) is 0. The van der Waals surface area contributed by atoms with Gasteiger partial charge in [0.05, 0.1) is 0 Å². The fourth-order valence-corrected chi connectivity index (χ4v) is 3.73. The molecule has 3 unspecified atom stereocenters. The Kier molecular flexibility index (Phi) is 4.28. The Balaban J connectivity index is 1.84. The largest absolute Gasteiger partial charge is 0.460 e. The minimum atomic E-state index is 0.228. The molecule has 2 aliphatic rings. The van der Waals surface area contributed by atoms with E-state index in [1.807, 2.05) is 0 Å². The summed E-state index contributed by atoms with van der Waals surface area (Å²) in [6, 6.07) is 1.27. The molecule has 1 aliphatic carbocycles. The Labute approximate surface area is 134 Å². The van der Waals surface area contributed by atoms with E-state index in [1.54, 1.807) is 0 Å². The topological polar surface area (TPSA) is 38.2 Å². The zero-order valence-corrected chi connectivity index (χ0v) is 14.6. The fourth-order valence-electron chi connectivity index (χ4n) is 3.73. The van der Waals surface area contributed by atoms with Crippen molar-refractivity contribution in [3.05, 3.63) is 11.3 Å². The highest BCUT2D eigenvalue weighted by atomic mass is 16.5. The molecule has 1 aliphatic heterocycles. The second-order valence-corrected chi connectivity index (χ2v) is 7.07. The van der Waals surface area contributed by atoms with Gasteiger partial charge in [-0.2, -0.15) is 4.98 Å². The summed E-state index contributed by atoms with van der Waals surface area (Å²) in [7, 11) is 0. The lowest BCUT2D eigenvalue weighted by atomic mass is 10.1. The third-order valence-electron chi connectivity index (χ3n) is 5.37. The molecule has 1 saturated carbocycles. The van der Waals surface area contributed by atoms with Gasteiger partial charge in [-0.25, -0.2) is 4.98 Å². The first-order valence-electron chi connectivity index (χ1n) is 8.83. The van der Waals surface area contributed by atoms with Crippen LogP contribution in [0, 0.1) is 25.7 Å². The molecule has 0 radical (unpaired) electrons. The van der Waals surface area contributed by atoms with E-state index in [4.69, 9.17) is 9.72 Å². The van der Waals surface area contributed by atoms with Crippen molar-refractivity contribution in [1.29, 1.82) is 0 Å². The number of rotatable bonds is 6. The molecule has 0 aromatic carbocycles. The minimum Gasteiger partial charge on any atom is -0.460 e. The van der Waals surface area contributed by atoms with E-state index in [1.165, 1.54) is 12.0 Å². The number of ether oxygens (including phenoxy) is 1. The number of anilines is 1. The molecular weight excluding hydrogens is 274 g/mol. The maximum absolute atomic E-state index is 6.07. The van der Waals surface area contributed by atoms with Crippen molar-refractivity contribution in [2.45, 2.75) is 72.4 Å². The second kappa shape index (κ2) is 6.05. The molecule has 4 atom stereocenters. The molecule has 122 valence electrons. The van der Waals surface area contributed by atoms with Crippen LogP contribution >= 0.6 is 0 Å². The van der Waals surface area contributed by atoms with Crippen molar-refractivity contribution in [3.63, 3.8) is 0 Å². The van der Waals surface area contributed by atoms with Gasteiger partial charge < -0.3 is 9.64 Å². The van der Waals surface area contributed by atoms with E-state index in [0.29, 0.717) is 12.1 Å². The van der Waals surface area contributed by atoms with Crippen molar-refractivity contribution >= 4 is 5.82 Å². The molecule has 1 aromatic heterocycles. The van der Waals surface area contributed by atoms with Crippen LogP contribution in [0.2, 0.25) is 0 Å². The average molecular weight is 303 g/mol. The smallest absolute Gasteiger partial charge is 0.318 e. The van der Waals surface area contributed by atoms with Gasteiger partial charge in [-0.15, -0.1) is 0 Å². The summed E-state index contributed by atoms with van der Waals surface area (Å²) < 4.78 is 6.07. The zero-order valence-electron chi connectivity index (χ0n) is 14.6. The van der Waals surface area contributed by atoms with Crippen LogP contribution in [0.4, 0.5) is 5.82 Å². The quantitative estimate of drug-likeness (QED) is 0.799. The lowest BCUT2D eigenvalue weighted by Crippen LogP contribution is -2.27. The van der Waals surface area contributed by atoms with Crippen LogP contribution in [0.3, 0.4) is 0 Å². The third-order valence-corrected chi connectivity index (χ3v) is 5.37. The molecule has 1 aromatic rings. The van der Waals surface area contributed by atoms with Crippen molar-refractivity contribution < 1.29 is 4.74 Å². The van der Waals surface area contributed by atoms with E-state index < -0.39 is 0 Å². The number of fused-ring (bicyclic) bond motifs is 1. The summed E-state index contributed by atoms with van der Waals surface area (Å²) in [4.78, 5) is 11.9. The maximum Gasteiger partial charge on any atom is 0.318 e. The lowest BCUT2D eigenvalue weighted by Gasteiger charge is -2.24. The normalized spacial score (nSPS) is 27.7. The first-order chi connectivity index (χ1) is 10.5. The lowest BCUT2D eigenvalue weighted by molar-refractivity contribution is 0.169. The van der Waals surface area contributed by atoms with E-state index in [2.05, 4.69) is 44.5 Å². The maximum atomic E-state index is 6.07. The Morgan fingerprint density at radius 3 is 2.59 bits per heavy atom. The van der Waals surface area contributed by atoms with Crippen LogP contribution in [0.15, 0.2) is 0 Å². The van der Waals surface area contributed by atoms with Crippen molar-refractivity contribution in [1.82, 2.24) is 9.97 Å². The van der Waals surface area contributed by atoms with Crippen LogP contribution in [-0.2, 0) is 0 Å². The Morgan fingerprint density at radius 1 is 1.27 bits per heavy atom. The van der Waals surface area contributed by atoms with Gasteiger partial charge in [-0.3, -0.25) is 0 Å². The summed E-state index contributed by atoms with van der Waals surface area (Å²) in [6.07, 6.45) is 4.75. The Bertz CT molecular complexity index is 545. The van der Waals surface area contributed by atoms with E-state index in [0.717, 1.165) is 49.2 Å². The van der Waals surface area contributed by atoms with Crippen LogP contribution in [-0.4, -0.2) is 28.7 Å². The van der Waals surface area contributed by atoms with Crippen molar-refractivity contribution in [2.75, 3.05) is 11.4 Å². The summed E-state index contributed by atoms with van der Waals surface area (Å²) >= 11 is 0. The molecule has 3 rings (SSSR count). The van der Waals surface area contributed by atoms with E-state index >= 15 is 0 Å². The molecule has 2 heterocycles. The summed E-state index contributed by atoms with van der Waals surface area (Å²) in [5.41, 5.74) is 2.25. The SMILES string of the molecule is CCCC(CC)Oc1nc(C)c(C)c(N2C[C@@H](C)C3CC32)n1. The van der Waals surface area contributed by atoms with Gasteiger partial charge >= 0.3 is 6.01 Å². The number of aryl methyl sites for hydroxylation is 1. The highest BCUT2D eigenvalue weighted by molar-refractivity contribution is 5.53. The first kappa shape index (κ1) is 15.6. The Morgan fingerprint density at radius 2 is 2.05 bits per heavy atom. The van der Waals surface area contributed by atoms with Gasteiger partial charge in [0.25, 0.3) is 0 Å². The molecule has 4 nitrogen and oxygen atoms in total. The molecule has 1 saturated heterocycles. The number of nitrogens with zero attached hydrogens (tertiary/aromatic N) is 3. The standard InChI is InChI=1S/C18H29N3O/c1-6-8-14(7-2)22-18-19-13(5)12(4)17(20-18)21-10-11(3)15-9-16(15)21/h11,14-16H,6-10H2,1-5H3/t11-,14?,15?,16?/m1/s1. The summed E-state index contributed by atoms with van der Waals surface area (Å²) in [6.45, 7) is 12.0. The van der Waals surface area contributed by atoms with Crippen LogP contribution in [0.5, 0.6) is 6.01 Å². The molecule has 0 amide bonds. The third kappa shape index (κ3) is 2.80. The van der Waals surface area contributed by atoms with Gasteiger partial charge in [-0.1, -0.05) is 27.2 Å². The summed E-state index contributed by atoms with van der Waals surface area (Å²) in [5, 5.41) is 0. The van der Waals surface area contributed by atoms with Gasteiger partial charge in [0.1, 0.15) is 11.9 Å². The molecule has 2 fully saturated rings. The molecule has 0 bridgehead atoms. The van der Waals surface area contributed by atoms with Crippen LogP contribution in [0.1, 0.15) is 57.7 Å². The van der Waals surface area contributed by atoms with E-state index in [9.17, 15) is 0 Å². The van der Waals surface area contributed by atoms with Gasteiger partial charge in [-0.05, 0) is 44.9 Å². The van der Waals surface area contributed by atoms with Gasteiger partial charge in [0.15, 0.2) is 0 Å². The zero-order chi connectivity index (χ0) is 15.9. The monoisotopic (exact) mass is 303 g/mol. The number of aromatic nitrogens is 2. The Hall–Kier alpha value is -1.32. The van der Waals surface area contributed by atoms with Crippen molar-refractivity contribution in [2.24, 2.45) is 11.8 Å². The van der Waals surface area contributed by atoms with Gasteiger partial charge in [0, 0.05) is 23.8 Å². The number of hydrogen-bond acceptors (Lipinski definition) is 4. The molecule has 4 heteroatoms.